The van der Waals surface area contributed by atoms with E-state index in [1.807, 2.05) is 49.0 Å². The number of carbonyl (C=O) groups is 3. The van der Waals surface area contributed by atoms with Crippen molar-refractivity contribution in [2.75, 3.05) is 51.7 Å². The summed E-state index contributed by atoms with van der Waals surface area (Å²) in [5.74, 6) is -0.714. The predicted molar refractivity (Wildman–Crippen MR) is 137 cm³/mol. The highest BCUT2D eigenvalue weighted by atomic mass is 35.5. The van der Waals surface area contributed by atoms with Crippen molar-refractivity contribution in [2.24, 2.45) is 0 Å². The number of halogens is 1. The molecule has 7 nitrogen and oxygen atoms in total. The number of amides is 3. The van der Waals surface area contributed by atoms with Crippen LogP contribution in [0.5, 0.6) is 0 Å². The molecule has 2 aromatic carbocycles. The van der Waals surface area contributed by atoms with Crippen LogP contribution in [0.25, 0.3) is 0 Å². The number of likely N-dealkylation sites (N-methyl/N-ethyl adjacent to an activating group) is 1. The van der Waals surface area contributed by atoms with Gasteiger partial charge in [0.1, 0.15) is 0 Å². The summed E-state index contributed by atoms with van der Waals surface area (Å²) >= 11 is 6.55. The number of nitrogens with zero attached hydrogens (tertiary/aromatic N) is 4. The minimum atomic E-state index is -1.28. The van der Waals surface area contributed by atoms with Gasteiger partial charge in [0.2, 0.25) is 17.7 Å². The third kappa shape index (κ3) is 5.07. The van der Waals surface area contributed by atoms with E-state index >= 15 is 0 Å². The second-order valence-electron chi connectivity index (χ2n) is 9.79. The summed E-state index contributed by atoms with van der Waals surface area (Å²) < 4.78 is 0. The summed E-state index contributed by atoms with van der Waals surface area (Å²) in [6.07, 6.45) is -0.122. The lowest BCUT2D eigenvalue weighted by Crippen LogP contribution is -2.55. The van der Waals surface area contributed by atoms with Crippen LogP contribution in [0.2, 0.25) is 5.02 Å². The second kappa shape index (κ2) is 10.4. The Morgan fingerprint density at radius 1 is 1.06 bits per heavy atom. The molecular formula is C27H33ClN4O3. The van der Waals surface area contributed by atoms with Crippen molar-refractivity contribution in [3.05, 3.63) is 65.2 Å². The van der Waals surface area contributed by atoms with Crippen LogP contribution >= 0.6 is 11.6 Å². The van der Waals surface area contributed by atoms with E-state index in [2.05, 4.69) is 17.0 Å². The summed E-state index contributed by atoms with van der Waals surface area (Å²) in [5, 5.41) is 0.401. The minimum Gasteiger partial charge on any atom is -0.368 e. The van der Waals surface area contributed by atoms with Crippen molar-refractivity contribution >= 4 is 35.0 Å². The molecule has 0 saturated carbocycles. The number of likely N-dealkylation sites (tertiary alicyclic amines) is 1. The summed E-state index contributed by atoms with van der Waals surface area (Å²) in [5.41, 5.74) is 0.401. The van der Waals surface area contributed by atoms with Gasteiger partial charge in [-0.1, -0.05) is 48.0 Å². The SMILES string of the molecule is C[C@@H]1CN(c2ccccc2)CCN1C(=O)C[C@]1(c2ccccc2Cl)CC(=O)N(CCN(C)C)C1=O. The molecule has 2 heterocycles. The van der Waals surface area contributed by atoms with Gasteiger partial charge in [-0.3, -0.25) is 19.3 Å². The molecule has 8 heteroatoms. The van der Waals surface area contributed by atoms with Gasteiger partial charge >= 0.3 is 0 Å². The van der Waals surface area contributed by atoms with Crippen molar-refractivity contribution < 1.29 is 14.4 Å². The number of anilines is 1. The van der Waals surface area contributed by atoms with Crippen LogP contribution in [0.4, 0.5) is 5.69 Å². The molecular weight excluding hydrogens is 464 g/mol. The summed E-state index contributed by atoms with van der Waals surface area (Å²) in [7, 11) is 3.79. The Balaban J connectivity index is 1.58. The van der Waals surface area contributed by atoms with E-state index in [1.165, 1.54) is 4.90 Å². The Hall–Kier alpha value is -2.90. The number of para-hydroxylation sites is 1. The maximum absolute atomic E-state index is 13.8. The molecule has 2 fully saturated rings. The highest BCUT2D eigenvalue weighted by Crippen LogP contribution is 2.43. The third-order valence-corrected chi connectivity index (χ3v) is 7.42. The molecule has 3 amide bonds. The Labute approximate surface area is 212 Å². The maximum atomic E-state index is 13.8. The van der Waals surface area contributed by atoms with Gasteiger partial charge in [-0.25, -0.2) is 0 Å². The Morgan fingerprint density at radius 2 is 1.74 bits per heavy atom. The van der Waals surface area contributed by atoms with Crippen molar-refractivity contribution in [2.45, 2.75) is 31.2 Å². The molecule has 2 atom stereocenters. The van der Waals surface area contributed by atoms with Gasteiger partial charge in [-0.05, 0) is 44.8 Å². The smallest absolute Gasteiger partial charge is 0.240 e. The fraction of sp³-hybridized carbons (Fsp3) is 0.444. The van der Waals surface area contributed by atoms with Crippen molar-refractivity contribution in [1.82, 2.24) is 14.7 Å². The van der Waals surface area contributed by atoms with Gasteiger partial charge in [0.05, 0.1) is 5.41 Å². The topological polar surface area (TPSA) is 64.2 Å². The van der Waals surface area contributed by atoms with E-state index in [0.29, 0.717) is 36.8 Å². The molecule has 0 bridgehead atoms. The first-order chi connectivity index (χ1) is 16.7. The molecule has 0 unspecified atom stereocenters. The average molecular weight is 497 g/mol. The average Bonchev–Trinajstić information content (AvgIpc) is 3.07. The van der Waals surface area contributed by atoms with Gasteiger partial charge in [0, 0.05) is 62.3 Å². The van der Waals surface area contributed by atoms with Gasteiger partial charge in [0.25, 0.3) is 0 Å². The van der Waals surface area contributed by atoms with Crippen LogP contribution in [0.1, 0.15) is 25.3 Å². The van der Waals surface area contributed by atoms with Gasteiger partial charge in [0.15, 0.2) is 0 Å². The van der Waals surface area contributed by atoms with E-state index < -0.39 is 5.41 Å². The summed E-state index contributed by atoms with van der Waals surface area (Å²) in [6, 6.07) is 17.2. The molecule has 0 aromatic heterocycles. The number of piperazine rings is 1. The molecule has 0 aliphatic carbocycles. The number of hydrogen-bond acceptors (Lipinski definition) is 5. The van der Waals surface area contributed by atoms with Gasteiger partial charge in [-0.15, -0.1) is 0 Å². The summed E-state index contributed by atoms with van der Waals surface area (Å²) in [4.78, 5) is 47.9. The second-order valence-corrected chi connectivity index (χ2v) is 10.2. The molecule has 4 rings (SSSR count). The van der Waals surface area contributed by atoms with Crippen molar-refractivity contribution in [1.29, 1.82) is 0 Å². The normalized spacial score (nSPS) is 22.9. The van der Waals surface area contributed by atoms with Crippen molar-refractivity contribution in [3.8, 4) is 0 Å². The van der Waals surface area contributed by atoms with Crippen LogP contribution in [-0.4, -0.2) is 85.3 Å². The van der Waals surface area contributed by atoms with Crippen LogP contribution in [0.15, 0.2) is 54.6 Å². The lowest BCUT2D eigenvalue weighted by atomic mass is 9.75. The first kappa shape index (κ1) is 25.2. The highest BCUT2D eigenvalue weighted by molar-refractivity contribution is 6.32. The number of rotatable bonds is 7. The number of hydrogen-bond donors (Lipinski definition) is 0. The quantitative estimate of drug-likeness (QED) is 0.551. The van der Waals surface area contributed by atoms with E-state index in [-0.39, 0.29) is 43.1 Å². The van der Waals surface area contributed by atoms with Crippen LogP contribution in [0.3, 0.4) is 0 Å². The zero-order chi connectivity index (χ0) is 25.2. The number of carbonyl (C=O) groups excluding carboxylic acids is 3. The molecule has 2 aliphatic heterocycles. The largest absolute Gasteiger partial charge is 0.368 e. The molecule has 2 saturated heterocycles. The molecule has 0 N–H and O–H groups in total. The first-order valence-corrected chi connectivity index (χ1v) is 12.4. The molecule has 0 spiro atoms. The van der Waals surface area contributed by atoms with E-state index in [1.54, 1.807) is 24.3 Å². The molecule has 2 aliphatic rings. The monoisotopic (exact) mass is 496 g/mol. The van der Waals surface area contributed by atoms with Crippen LogP contribution < -0.4 is 4.90 Å². The van der Waals surface area contributed by atoms with E-state index in [9.17, 15) is 14.4 Å². The fourth-order valence-electron chi connectivity index (χ4n) is 5.18. The van der Waals surface area contributed by atoms with E-state index in [4.69, 9.17) is 11.6 Å². The number of imide groups is 1. The molecule has 186 valence electrons. The summed E-state index contributed by atoms with van der Waals surface area (Å²) in [6.45, 7) is 4.84. The van der Waals surface area contributed by atoms with Crippen LogP contribution in [0, 0.1) is 0 Å². The van der Waals surface area contributed by atoms with Crippen LogP contribution in [-0.2, 0) is 19.8 Å². The Bertz CT molecular complexity index is 1090. The third-order valence-electron chi connectivity index (χ3n) is 7.09. The Kier molecular flexibility index (Phi) is 7.47. The standard InChI is InChI=1S/C27H33ClN4O3/c1-20-19-30(21-9-5-4-6-10-21)14-16-31(20)24(33)17-27(22-11-7-8-12-23(22)28)18-25(34)32(26(27)35)15-13-29(2)3/h4-12,20H,13-19H2,1-3H3/t20-,27-/m1/s1. The molecule has 35 heavy (non-hydrogen) atoms. The maximum Gasteiger partial charge on any atom is 0.240 e. The van der Waals surface area contributed by atoms with Gasteiger partial charge < -0.3 is 14.7 Å². The fourth-order valence-corrected chi connectivity index (χ4v) is 5.50. The predicted octanol–water partition coefficient (Wildman–Crippen LogP) is 3.03. The highest BCUT2D eigenvalue weighted by Gasteiger charge is 2.55. The van der Waals surface area contributed by atoms with Crippen molar-refractivity contribution in [3.63, 3.8) is 0 Å². The zero-order valence-corrected chi connectivity index (χ0v) is 21.4. The Morgan fingerprint density at radius 3 is 2.40 bits per heavy atom. The lowest BCUT2D eigenvalue weighted by Gasteiger charge is -2.42. The molecule has 0 radical (unpaired) electrons. The van der Waals surface area contributed by atoms with Gasteiger partial charge in [-0.2, -0.15) is 0 Å². The number of benzene rings is 2. The zero-order valence-electron chi connectivity index (χ0n) is 20.6. The first-order valence-electron chi connectivity index (χ1n) is 12.1. The lowest BCUT2D eigenvalue weighted by molar-refractivity contribution is -0.143. The molecule has 2 aromatic rings. The van der Waals surface area contributed by atoms with E-state index in [0.717, 1.165) is 5.69 Å². The minimum absolute atomic E-state index is 0.0307.